The van der Waals surface area contributed by atoms with Gasteiger partial charge in [-0.2, -0.15) is 9.78 Å². The predicted octanol–water partition coefficient (Wildman–Crippen LogP) is 3.34. The highest BCUT2D eigenvalue weighted by atomic mass is 19.1. The van der Waals surface area contributed by atoms with E-state index in [2.05, 4.69) is 10.1 Å². The molecule has 0 spiro atoms. The molecule has 0 fully saturated rings. The maximum Gasteiger partial charge on any atom is 0.282 e. The first-order valence-corrected chi connectivity index (χ1v) is 8.38. The van der Waals surface area contributed by atoms with Crippen molar-refractivity contribution in [3.63, 3.8) is 0 Å². The van der Waals surface area contributed by atoms with Crippen LogP contribution < -0.4 is 10.3 Å². The monoisotopic (exact) mass is 364 g/mol. The summed E-state index contributed by atoms with van der Waals surface area (Å²) in [5.41, 5.74) is 1.39. The average molecular weight is 364 g/mol. The summed E-state index contributed by atoms with van der Waals surface area (Å²) in [5.74, 6) is 0.564. The third-order valence-electron chi connectivity index (χ3n) is 4.66. The molecule has 0 saturated carbocycles. The van der Waals surface area contributed by atoms with Gasteiger partial charge < -0.3 is 9.30 Å². The second-order valence-corrected chi connectivity index (χ2v) is 6.16. The molecule has 1 aromatic carbocycles. The minimum absolute atomic E-state index is 0.297. The Morgan fingerprint density at radius 1 is 1.11 bits per heavy atom. The van der Waals surface area contributed by atoms with Gasteiger partial charge in [-0.1, -0.05) is 6.07 Å². The topological polar surface area (TPSA) is 61.9 Å². The van der Waals surface area contributed by atoms with Crippen molar-refractivity contribution in [3.8, 4) is 17.3 Å². The number of methoxy groups -OCH3 is 1. The van der Waals surface area contributed by atoms with E-state index >= 15 is 0 Å². The van der Waals surface area contributed by atoms with Crippen molar-refractivity contribution in [1.29, 1.82) is 0 Å². The molecule has 0 aliphatic rings. The number of pyridine rings is 1. The van der Waals surface area contributed by atoms with Crippen molar-refractivity contribution in [1.82, 2.24) is 19.3 Å². The number of aromatic nitrogens is 4. The molecule has 0 atom stereocenters. The fourth-order valence-electron chi connectivity index (χ4n) is 3.36. The quantitative estimate of drug-likeness (QED) is 0.559. The van der Waals surface area contributed by atoms with Gasteiger partial charge in [0.15, 0.2) is 5.82 Å². The highest BCUT2D eigenvalue weighted by Gasteiger charge is 2.20. The van der Waals surface area contributed by atoms with Crippen LogP contribution in [0.1, 0.15) is 11.4 Å². The van der Waals surface area contributed by atoms with Crippen LogP contribution >= 0.6 is 0 Å². The highest BCUT2D eigenvalue weighted by molar-refractivity contribution is 5.88. The minimum atomic E-state index is -0.402. The van der Waals surface area contributed by atoms with Gasteiger partial charge in [0.1, 0.15) is 11.6 Å². The zero-order valence-electron chi connectivity index (χ0n) is 15.1. The van der Waals surface area contributed by atoms with Crippen LogP contribution in [0.2, 0.25) is 0 Å². The van der Waals surface area contributed by atoms with Gasteiger partial charge in [-0.25, -0.2) is 9.37 Å². The molecule has 136 valence electrons. The van der Waals surface area contributed by atoms with E-state index in [1.807, 2.05) is 6.92 Å². The Morgan fingerprint density at radius 3 is 2.63 bits per heavy atom. The van der Waals surface area contributed by atoms with E-state index in [0.29, 0.717) is 33.7 Å². The van der Waals surface area contributed by atoms with Crippen LogP contribution in [0, 0.1) is 19.7 Å². The normalized spacial score (nSPS) is 11.1. The average Bonchev–Trinajstić information content (AvgIpc) is 2.94. The highest BCUT2D eigenvalue weighted by Crippen LogP contribution is 2.29. The molecule has 4 aromatic rings. The standard InChI is InChI=1S/C20H17FN4O2/c1-12-15-11-23-25(18-6-4-5-9-22-18)20(26)19(15)13(2)24(12)17-10-14(27-3)7-8-16(17)21/h4-11H,1-3H3. The third-order valence-corrected chi connectivity index (χ3v) is 4.66. The summed E-state index contributed by atoms with van der Waals surface area (Å²) in [6.07, 6.45) is 3.21. The SMILES string of the molecule is COc1ccc(F)c(-n2c(C)c3cnn(-c4ccccn4)c(=O)c3c2C)c1. The molecule has 0 bridgehead atoms. The van der Waals surface area contributed by atoms with E-state index in [1.54, 1.807) is 54.2 Å². The van der Waals surface area contributed by atoms with Gasteiger partial charge in [0.25, 0.3) is 5.56 Å². The number of aryl methyl sites for hydroxylation is 2. The number of rotatable bonds is 3. The number of hydrogen-bond acceptors (Lipinski definition) is 4. The molecule has 0 unspecified atom stereocenters. The van der Waals surface area contributed by atoms with Crippen molar-refractivity contribution < 1.29 is 9.13 Å². The van der Waals surface area contributed by atoms with Crippen molar-refractivity contribution in [2.45, 2.75) is 13.8 Å². The molecular formula is C20H17FN4O2. The minimum Gasteiger partial charge on any atom is -0.497 e. The third kappa shape index (κ3) is 2.59. The Bertz CT molecular complexity index is 1210. The van der Waals surface area contributed by atoms with Crippen molar-refractivity contribution >= 4 is 10.8 Å². The molecule has 0 amide bonds. The number of nitrogens with zero attached hydrogens (tertiary/aromatic N) is 4. The Morgan fingerprint density at radius 2 is 1.93 bits per heavy atom. The molecule has 0 aliphatic heterocycles. The van der Waals surface area contributed by atoms with E-state index in [0.717, 1.165) is 5.69 Å². The fourth-order valence-corrected chi connectivity index (χ4v) is 3.36. The lowest BCUT2D eigenvalue weighted by atomic mass is 10.2. The number of ether oxygens (including phenoxy) is 1. The molecule has 6 nitrogen and oxygen atoms in total. The van der Waals surface area contributed by atoms with Crippen LogP contribution in [0.5, 0.6) is 5.75 Å². The summed E-state index contributed by atoms with van der Waals surface area (Å²) >= 11 is 0. The fraction of sp³-hybridized carbons (Fsp3) is 0.150. The Hall–Kier alpha value is -3.48. The van der Waals surface area contributed by atoms with Crippen molar-refractivity contribution in [3.05, 3.63) is 76.4 Å². The molecule has 7 heteroatoms. The van der Waals surface area contributed by atoms with Gasteiger partial charge >= 0.3 is 0 Å². The maximum absolute atomic E-state index is 14.5. The van der Waals surface area contributed by atoms with Crippen LogP contribution in [0.25, 0.3) is 22.3 Å². The van der Waals surface area contributed by atoms with Crippen LogP contribution in [0.15, 0.2) is 53.6 Å². The molecule has 3 heterocycles. The first kappa shape index (κ1) is 17.0. The lowest BCUT2D eigenvalue weighted by molar-refractivity contribution is 0.413. The molecule has 3 aromatic heterocycles. The van der Waals surface area contributed by atoms with Crippen LogP contribution in [0.4, 0.5) is 4.39 Å². The van der Waals surface area contributed by atoms with E-state index in [4.69, 9.17) is 4.74 Å². The number of hydrogen-bond donors (Lipinski definition) is 0. The van der Waals surface area contributed by atoms with Gasteiger partial charge in [-0.3, -0.25) is 4.79 Å². The molecule has 0 N–H and O–H groups in total. The summed E-state index contributed by atoms with van der Waals surface area (Å²) < 4.78 is 22.7. The van der Waals surface area contributed by atoms with Crippen LogP contribution in [-0.4, -0.2) is 26.4 Å². The zero-order valence-corrected chi connectivity index (χ0v) is 15.1. The first-order chi connectivity index (χ1) is 13.0. The molecule has 0 aliphatic carbocycles. The predicted molar refractivity (Wildman–Crippen MR) is 100 cm³/mol. The lowest BCUT2D eigenvalue weighted by Crippen LogP contribution is -2.21. The van der Waals surface area contributed by atoms with E-state index < -0.39 is 5.82 Å². The molecule has 27 heavy (non-hydrogen) atoms. The number of benzene rings is 1. The van der Waals surface area contributed by atoms with E-state index in [-0.39, 0.29) is 5.56 Å². The first-order valence-electron chi connectivity index (χ1n) is 8.38. The summed E-state index contributed by atoms with van der Waals surface area (Å²) in [6.45, 7) is 3.62. The van der Waals surface area contributed by atoms with E-state index in [9.17, 15) is 9.18 Å². The van der Waals surface area contributed by atoms with Crippen LogP contribution in [-0.2, 0) is 0 Å². The van der Waals surface area contributed by atoms with E-state index in [1.165, 1.54) is 17.9 Å². The van der Waals surface area contributed by atoms with Crippen molar-refractivity contribution in [2.24, 2.45) is 0 Å². The maximum atomic E-state index is 14.5. The zero-order chi connectivity index (χ0) is 19.1. The summed E-state index contributed by atoms with van der Waals surface area (Å²) in [7, 11) is 1.53. The summed E-state index contributed by atoms with van der Waals surface area (Å²) in [6, 6.07) is 9.78. The van der Waals surface area contributed by atoms with Gasteiger partial charge in [-0.15, -0.1) is 0 Å². The van der Waals surface area contributed by atoms with Crippen molar-refractivity contribution in [2.75, 3.05) is 7.11 Å². The molecule has 0 radical (unpaired) electrons. The molecule has 0 saturated heterocycles. The van der Waals surface area contributed by atoms with Gasteiger partial charge in [0.05, 0.1) is 24.4 Å². The van der Waals surface area contributed by atoms with Gasteiger partial charge in [0.2, 0.25) is 0 Å². The van der Waals surface area contributed by atoms with Gasteiger partial charge in [-0.05, 0) is 38.1 Å². The summed E-state index contributed by atoms with van der Waals surface area (Å²) in [4.78, 5) is 17.3. The number of halogens is 1. The van der Waals surface area contributed by atoms with Gasteiger partial charge in [0, 0.05) is 29.0 Å². The Balaban J connectivity index is 2.03. The molecule has 4 rings (SSSR count). The Labute approximate surface area is 154 Å². The second-order valence-electron chi connectivity index (χ2n) is 6.16. The van der Waals surface area contributed by atoms with Crippen LogP contribution in [0.3, 0.4) is 0 Å². The smallest absolute Gasteiger partial charge is 0.282 e. The molecular weight excluding hydrogens is 347 g/mol. The Kier molecular flexibility index (Phi) is 3.99. The summed E-state index contributed by atoms with van der Waals surface area (Å²) in [5, 5.41) is 5.41. The number of fused-ring (bicyclic) bond motifs is 1. The second kappa shape index (κ2) is 6.35. The largest absolute Gasteiger partial charge is 0.497 e. The lowest BCUT2D eigenvalue weighted by Gasteiger charge is -2.12.